The number of hydrogen-bond acceptors (Lipinski definition) is 10. The Bertz CT molecular complexity index is 2320. The molecule has 1 spiro atoms. The molecule has 264 valence electrons. The molecular weight excluding hydrogens is 706 g/mol. The van der Waals surface area contributed by atoms with Crippen molar-refractivity contribution in [3.8, 4) is 10.8 Å². The fourth-order valence-corrected chi connectivity index (χ4v) is 9.29. The summed E-state index contributed by atoms with van der Waals surface area (Å²) in [7, 11) is 0. The predicted octanol–water partition coefficient (Wildman–Crippen LogP) is 4.20. The summed E-state index contributed by atoms with van der Waals surface area (Å²) in [5, 5.41) is 12.7. The molecule has 0 bridgehead atoms. The van der Waals surface area contributed by atoms with E-state index in [0.717, 1.165) is 42.7 Å². The van der Waals surface area contributed by atoms with Crippen LogP contribution >= 0.6 is 22.9 Å². The van der Waals surface area contributed by atoms with Crippen LogP contribution in [0.2, 0.25) is 5.02 Å². The van der Waals surface area contributed by atoms with Crippen LogP contribution in [0.4, 0.5) is 0 Å². The number of benzene rings is 2. The van der Waals surface area contributed by atoms with E-state index >= 15 is 0 Å². The van der Waals surface area contributed by atoms with E-state index in [2.05, 4.69) is 29.4 Å². The molecule has 2 saturated heterocycles. The molecule has 13 nitrogen and oxygen atoms in total. The molecule has 5 aliphatic rings. The van der Waals surface area contributed by atoms with Crippen LogP contribution in [0.5, 0.6) is 5.75 Å². The number of hydrogen-bond donors (Lipinski definition) is 1. The fourth-order valence-electron chi connectivity index (χ4n) is 7.95. The van der Waals surface area contributed by atoms with Gasteiger partial charge in [-0.05, 0) is 75.4 Å². The molecule has 1 N–H and O–H groups in total. The maximum Gasteiger partial charge on any atom is 0.262 e. The second-order valence-electron chi connectivity index (χ2n) is 14.1. The molecule has 0 radical (unpaired) electrons. The molecule has 7 heterocycles. The Morgan fingerprint density at radius 3 is 2.48 bits per heavy atom. The third kappa shape index (κ3) is 4.94. The van der Waals surface area contributed by atoms with E-state index in [-0.39, 0.29) is 36.3 Å². The monoisotopic (exact) mass is 737 g/mol. The van der Waals surface area contributed by atoms with Gasteiger partial charge in [-0.3, -0.25) is 43.7 Å². The van der Waals surface area contributed by atoms with Crippen molar-refractivity contribution in [3.63, 3.8) is 0 Å². The number of amides is 5. The maximum absolute atomic E-state index is 14.0. The van der Waals surface area contributed by atoms with Crippen molar-refractivity contribution in [2.45, 2.75) is 70.6 Å². The zero-order valence-electron chi connectivity index (χ0n) is 28.5. The van der Waals surface area contributed by atoms with Gasteiger partial charge in [0.15, 0.2) is 5.82 Å². The number of aryl methyl sites for hydroxylation is 3. The third-order valence-electron chi connectivity index (χ3n) is 10.8. The maximum atomic E-state index is 14.0. The first kappa shape index (κ1) is 32.7. The van der Waals surface area contributed by atoms with Gasteiger partial charge in [-0.2, -0.15) is 0 Å². The Morgan fingerprint density at radius 1 is 1.02 bits per heavy atom. The number of ether oxygens (including phenoxy) is 1. The summed E-state index contributed by atoms with van der Waals surface area (Å²) in [4.78, 5) is 74.0. The molecule has 0 aliphatic carbocycles. The smallest absolute Gasteiger partial charge is 0.262 e. The normalized spacial score (nSPS) is 21.4. The highest BCUT2D eigenvalue weighted by molar-refractivity contribution is 7.15. The number of imide groups is 2. The van der Waals surface area contributed by atoms with Gasteiger partial charge in [0.2, 0.25) is 17.7 Å². The van der Waals surface area contributed by atoms with Crippen LogP contribution in [0.3, 0.4) is 0 Å². The van der Waals surface area contributed by atoms with Gasteiger partial charge in [-0.15, -0.1) is 21.5 Å². The summed E-state index contributed by atoms with van der Waals surface area (Å²) in [5.41, 5.74) is 4.32. The lowest BCUT2D eigenvalue weighted by Gasteiger charge is -2.52. The summed E-state index contributed by atoms with van der Waals surface area (Å²) in [6, 6.07) is 9.17. The molecule has 2 fully saturated rings. The lowest BCUT2D eigenvalue weighted by Crippen LogP contribution is -2.67. The van der Waals surface area contributed by atoms with Crippen molar-refractivity contribution in [1.82, 2.24) is 29.9 Å². The van der Waals surface area contributed by atoms with Gasteiger partial charge >= 0.3 is 0 Å². The zero-order chi connectivity index (χ0) is 36.2. The molecule has 5 amide bonds. The Kier molecular flexibility index (Phi) is 7.32. The molecule has 2 aromatic heterocycles. The number of nitrogens with one attached hydrogen (secondary N) is 1. The van der Waals surface area contributed by atoms with Crippen molar-refractivity contribution in [1.29, 1.82) is 0 Å². The Hall–Kier alpha value is -5.21. The second-order valence-corrected chi connectivity index (χ2v) is 15.7. The number of nitrogens with zero attached hydrogens (tertiary/aromatic N) is 6. The quantitative estimate of drug-likeness (QED) is 0.306. The molecule has 9 rings (SSSR count). The number of likely N-dealkylation sites (tertiary alicyclic amines) is 1. The van der Waals surface area contributed by atoms with Gasteiger partial charge < -0.3 is 9.64 Å². The van der Waals surface area contributed by atoms with E-state index in [0.29, 0.717) is 48.4 Å². The molecule has 5 aliphatic heterocycles. The van der Waals surface area contributed by atoms with Crippen molar-refractivity contribution < 1.29 is 28.7 Å². The molecule has 52 heavy (non-hydrogen) atoms. The van der Waals surface area contributed by atoms with Crippen molar-refractivity contribution in [3.05, 3.63) is 91.3 Å². The minimum Gasteiger partial charge on any atom is -0.483 e. The molecule has 4 aromatic rings. The predicted molar refractivity (Wildman–Crippen MR) is 189 cm³/mol. The van der Waals surface area contributed by atoms with Gasteiger partial charge in [0.1, 0.15) is 34.3 Å². The number of aliphatic imine (C=N–C) groups is 1. The highest BCUT2D eigenvalue weighted by atomic mass is 35.5. The number of aromatic nitrogens is 3. The van der Waals surface area contributed by atoms with Gasteiger partial charge in [-0.25, -0.2) is 0 Å². The number of carbonyl (C=O) groups excluding carboxylic acids is 5. The van der Waals surface area contributed by atoms with Crippen molar-refractivity contribution in [2.75, 3.05) is 13.1 Å². The Labute approximate surface area is 306 Å². The van der Waals surface area contributed by atoms with Crippen molar-refractivity contribution >= 4 is 58.2 Å². The van der Waals surface area contributed by atoms with Gasteiger partial charge in [-0.1, -0.05) is 23.7 Å². The van der Waals surface area contributed by atoms with Crippen LogP contribution in [0.15, 0.2) is 41.4 Å². The van der Waals surface area contributed by atoms with Crippen LogP contribution in [0.25, 0.3) is 5.00 Å². The van der Waals surface area contributed by atoms with Gasteiger partial charge in [0.05, 0.1) is 36.3 Å². The van der Waals surface area contributed by atoms with Crippen LogP contribution in [-0.4, -0.2) is 84.5 Å². The molecule has 15 heteroatoms. The fraction of sp³-hybridized carbons (Fsp3) is 0.351. The minimum atomic E-state index is -1.04. The highest BCUT2D eigenvalue weighted by Gasteiger charge is 2.51. The largest absolute Gasteiger partial charge is 0.483 e. The molecular formula is C37H32ClN7O6S. The van der Waals surface area contributed by atoms with Crippen LogP contribution in [-0.2, 0) is 20.8 Å². The number of piperidine rings is 1. The van der Waals surface area contributed by atoms with Crippen LogP contribution in [0, 0.1) is 20.8 Å². The zero-order valence-corrected chi connectivity index (χ0v) is 30.1. The summed E-state index contributed by atoms with van der Waals surface area (Å²) < 4.78 is 8.53. The summed E-state index contributed by atoms with van der Waals surface area (Å²) in [6.45, 7) is 6.78. The number of thiophene rings is 1. The first-order valence-electron chi connectivity index (χ1n) is 17.1. The van der Waals surface area contributed by atoms with E-state index < -0.39 is 41.3 Å². The lowest BCUT2D eigenvalue weighted by molar-refractivity contribution is -0.153. The van der Waals surface area contributed by atoms with E-state index in [9.17, 15) is 24.0 Å². The van der Waals surface area contributed by atoms with E-state index in [1.54, 1.807) is 28.4 Å². The first-order chi connectivity index (χ1) is 24.9. The van der Waals surface area contributed by atoms with Gasteiger partial charge in [0, 0.05) is 27.4 Å². The Morgan fingerprint density at radius 2 is 1.75 bits per heavy atom. The van der Waals surface area contributed by atoms with E-state index in [1.807, 2.05) is 35.8 Å². The third-order valence-corrected chi connectivity index (χ3v) is 12.3. The van der Waals surface area contributed by atoms with Crippen LogP contribution in [0.1, 0.15) is 91.2 Å². The first-order valence-corrected chi connectivity index (χ1v) is 18.3. The number of rotatable bonds is 4. The summed E-state index contributed by atoms with van der Waals surface area (Å²) >= 11 is 7.90. The molecule has 1 unspecified atom stereocenters. The molecule has 2 aromatic carbocycles. The summed E-state index contributed by atoms with van der Waals surface area (Å²) in [5.74, 6) is -0.502. The van der Waals surface area contributed by atoms with Crippen molar-refractivity contribution in [2.24, 2.45) is 4.99 Å². The topological polar surface area (TPSA) is 156 Å². The number of carbonyl (C=O) groups is 5. The minimum absolute atomic E-state index is 0.0479. The van der Waals surface area contributed by atoms with Crippen LogP contribution < -0.4 is 10.1 Å². The molecule has 2 atom stereocenters. The van der Waals surface area contributed by atoms with Gasteiger partial charge in [0.25, 0.3) is 11.8 Å². The lowest BCUT2D eigenvalue weighted by atomic mass is 9.83. The van der Waals surface area contributed by atoms with E-state index in [4.69, 9.17) is 21.3 Å². The molecule has 0 saturated carbocycles. The highest BCUT2D eigenvalue weighted by Crippen LogP contribution is 2.44. The standard InChI is InChI=1S/C37H32ClN7O6S/c1-17-18(2)52-36-30(17)31(20-4-6-22(38)7-5-20)39-25(32-42-41-19(3)44(32)36)14-29(47)43-15-37(16-43)11-10-21-12-23-24(13-27(21)51-37)35(50)45(34(23)49)26-8-9-28(46)40-33(26)48/h4-7,12-13,25-26H,8-11,14-16H2,1-3H3,(H,40,46,48)/t25-,26?/m0/s1. The SMILES string of the molecule is Cc1sc2c(c1C)C(c1ccc(Cl)cc1)=N[C@@H](CC(=O)N1CC3(CCc4cc5c(cc4O3)C(=O)N(C3CCC(=O)NC3=O)C5=O)C1)c1nnc(C)n1-2. The average molecular weight is 738 g/mol. The van der Waals surface area contributed by atoms with E-state index in [1.165, 1.54) is 0 Å². The second kappa shape index (κ2) is 11.7. The summed E-state index contributed by atoms with van der Waals surface area (Å²) in [6.07, 6.45) is 1.42. The number of halogens is 1. The average Bonchev–Trinajstić information content (AvgIpc) is 3.67. The number of fused-ring (bicyclic) bond motifs is 5. The Balaban J connectivity index is 0.953.